The van der Waals surface area contributed by atoms with Crippen LogP contribution in [0.25, 0.3) is 0 Å². The predicted octanol–water partition coefficient (Wildman–Crippen LogP) is 3.89. The minimum atomic E-state index is 0.681. The Hall–Kier alpha value is -1.02. The number of quaternary nitrogens is 1. The molecule has 1 aromatic rings. The molecule has 1 aromatic carbocycles. The Morgan fingerprint density at radius 2 is 1.74 bits per heavy atom. The van der Waals surface area contributed by atoms with Gasteiger partial charge in [-0.1, -0.05) is 25.5 Å². The van der Waals surface area contributed by atoms with Crippen LogP contribution in [0, 0.1) is 0 Å². The molecule has 19 heavy (non-hydrogen) atoms. The monoisotopic (exact) mass is 264 g/mol. The van der Waals surface area contributed by atoms with E-state index in [-0.39, 0.29) is 0 Å². The molecule has 0 saturated carbocycles. The third-order valence-corrected chi connectivity index (χ3v) is 3.86. The van der Waals surface area contributed by atoms with E-state index >= 15 is 0 Å². The molecule has 0 aliphatic rings. The zero-order chi connectivity index (χ0) is 14.3. The Balaban J connectivity index is 2.40. The Bertz CT molecular complexity index is 351. The molecule has 0 amide bonds. The molecule has 1 rings (SSSR count). The second kappa shape index (κ2) is 7.54. The zero-order valence-corrected chi connectivity index (χ0v) is 13.3. The molecule has 2 heteroatoms. The summed E-state index contributed by atoms with van der Waals surface area (Å²) in [5, 5.41) is 0. The Labute approximate surface area is 119 Å². The summed E-state index contributed by atoms with van der Waals surface area (Å²) >= 11 is 0. The summed E-state index contributed by atoms with van der Waals surface area (Å²) < 4.78 is 6.70. The minimum Gasteiger partial charge on any atom is -0.494 e. The Kier molecular flexibility index (Phi) is 6.36. The van der Waals surface area contributed by atoms with Crippen LogP contribution in [0.1, 0.15) is 38.7 Å². The lowest BCUT2D eigenvalue weighted by atomic mass is 10.0. The lowest BCUT2D eigenvalue weighted by Crippen LogP contribution is -2.43. The van der Waals surface area contributed by atoms with E-state index < -0.39 is 0 Å². The molecule has 0 spiro atoms. The first-order valence-corrected chi connectivity index (χ1v) is 7.46. The third kappa shape index (κ3) is 6.11. The van der Waals surface area contributed by atoms with Crippen molar-refractivity contribution in [2.45, 2.75) is 45.6 Å². The molecular formula is C17H30NO+. The topological polar surface area (TPSA) is 9.23 Å². The van der Waals surface area contributed by atoms with E-state index in [4.69, 9.17) is 4.74 Å². The average molecular weight is 264 g/mol. The Morgan fingerprint density at radius 1 is 1.11 bits per heavy atom. The normalized spacial score (nSPS) is 13.3. The van der Waals surface area contributed by atoms with Gasteiger partial charge in [-0.2, -0.15) is 0 Å². The molecule has 0 aromatic heterocycles. The number of unbranched alkanes of at least 4 members (excludes halogenated alkanes) is 1. The van der Waals surface area contributed by atoms with E-state index in [1.807, 2.05) is 0 Å². The van der Waals surface area contributed by atoms with Crippen molar-refractivity contribution in [3.63, 3.8) is 0 Å². The van der Waals surface area contributed by atoms with Crippen molar-refractivity contribution in [2.24, 2.45) is 0 Å². The molecule has 0 fully saturated rings. The highest BCUT2D eigenvalue weighted by Gasteiger charge is 2.17. The molecule has 108 valence electrons. The first-order chi connectivity index (χ1) is 8.93. The van der Waals surface area contributed by atoms with Crippen LogP contribution in [0.5, 0.6) is 5.75 Å². The second-order valence-electron chi connectivity index (χ2n) is 6.35. The van der Waals surface area contributed by atoms with Crippen molar-refractivity contribution >= 4 is 0 Å². The number of ether oxygens (including phenoxy) is 1. The Morgan fingerprint density at radius 3 is 2.26 bits per heavy atom. The number of hydrogen-bond donors (Lipinski definition) is 0. The van der Waals surface area contributed by atoms with Crippen LogP contribution in [0.15, 0.2) is 24.3 Å². The van der Waals surface area contributed by atoms with Crippen molar-refractivity contribution in [2.75, 3.05) is 27.7 Å². The SMILES string of the molecule is CCCCOc1ccc(CCC(C)[N+](C)(C)C)cc1. The van der Waals surface area contributed by atoms with Gasteiger partial charge in [0.05, 0.1) is 33.8 Å². The lowest BCUT2D eigenvalue weighted by molar-refractivity contribution is -0.894. The number of hydrogen-bond acceptors (Lipinski definition) is 1. The predicted molar refractivity (Wildman–Crippen MR) is 82.7 cm³/mol. The van der Waals surface area contributed by atoms with E-state index in [0.29, 0.717) is 6.04 Å². The van der Waals surface area contributed by atoms with Gasteiger partial charge in [0.15, 0.2) is 0 Å². The van der Waals surface area contributed by atoms with Gasteiger partial charge in [-0.3, -0.25) is 0 Å². The van der Waals surface area contributed by atoms with E-state index in [1.165, 1.54) is 18.4 Å². The van der Waals surface area contributed by atoms with Crippen molar-refractivity contribution in [1.29, 1.82) is 0 Å². The fraction of sp³-hybridized carbons (Fsp3) is 0.647. The number of rotatable bonds is 8. The number of nitrogens with zero attached hydrogens (tertiary/aromatic N) is 1. The third-order valence-electron chi connectivity index (χ3n) is 3.86. The van der Waals surface area contributed by atoms with Crippen molar-refractivity contribution < 1.29 is 9.22 Å². The minimum absolute atomic E-state index is 0.681. The lowest BCUT2D eigenvalue weighted by Gasteiger charge is -2.31. The first kappa shape index (κ1) is 16.0. The van der Waals surface area contributed by atoms with E-state index in [1.54, 1.807) is 0 Å². The summed E-state index contributed by atoms with van der Waals surface area (Å²) in [5.41, 5.74) is 1.41. The van der Waals surface area contributed by atoms with Crippen molar-refractivity contribution in [1.82, 2.24) is 0 Å². The molecule has 1 atom stereocenters. The summed E-state index contributed by atoms with van der Waals surface area (Å²) in [5.74, 6) is 0.997. The smallest absolute Gasteiger partial charge is 0.119 e. The fourth-order valence-corrected chi connectivity index (χ4v) is 1.85. The van der Waals surface area contributed by atoms with Crippen LogP contribution in [0.4, 0.5) is 0 Å². The summed E-state index contributed by atoms with van der Waals surface area (Å²) in [7, 11) is 6.78. The van der Waals surface area contributed by atoms with Gasteiger partial charge < -0.3 is 9.22 Å². The molecule has 0 aliphatic heterocycles. The van der Waals surface area contributed by atoms with Gasteiger partial charge in [0.25, 0.3) is 0 Å². The van der Waals surface area contributed by atoms with E-state index in [0.717, 1.165) is 29.7 Å². The summed E-state index contributed by atoms with van der Waals surface area (Å²) in [6.07, 6.45) is 4.68. The quantitative estimate of drug-likeness (QED) is 0.511. The summed E-state index contributed by atoms with van der Waals surface area (Å²) in [6.45, 7) is 5.33. The summed E-state index contributed by atoms with van der Waals surface area (Å²) in [4.78, 5) is 0. The van der Waals surface area contributed by atoms with Crippen LogP contribution < -0.4 is 4.74 Å². The van der Waals surface area contributed by atoms with Crippen LogP contribution in [-0.2, 0) is 6.42 Å². The van der Waals surface area contributed by atoms with Gasteiger partial charge in [-0.15, -0.1) is 0 Å². The van der Waals surface area contributed by atoms with Gasteiger partial charge in [-0.25, -0.2) is 0 Å². The van der Waals surface area contributed by atoms with Crippen LogP contribution in [0.2, 0.25) is 0 Å². The maximum absolute atomic E-state index is 5.68. The molecule has 0 heterocycles. The summed E-state index contributed by atoms with van der Waals surface area (Å²) in [6, 6.07) is 9.27. The second-order valence-corrected chi connectivity index (χ2v) is 6.35. The maximum atomic E-state index is 5.68. The van der Waals surface area contributed by atoms with Crippen molar-refractivity contribution in [3.8, 4) is 5.75 Å². The molecule has 0 radical (unpaired) electrons. The van der Waals surface area contributed by atoms with Crippen LogP contribution in [-0.4, -0.2) is 38.3 Å². The standard InChI is InChI=1S/C17H30NO/c1-6-7-14-19-17-12-10-16(11-13-17)9-8-15(2)18(3,4)5/h10-13,15H,6-9,14H2,1-5H3/q+1. The molecule has 1 unspecified atom stereocenters. The van der Waals surface area contributed by atoms with Gasteiger partial charge in [0, 0.05) is 6.42 Å². The van der Waals surface area contributed by atoms with Gasteiger partial charge in [0.2, 0.25) is 0 Å². The molecule has 0 bridgehead atoms. The largest absolute Gasteiger partial charge is 0.494 e. The van der Waals surface area contributed by atoms with E-state index in [2.05, 4.69) is 59.3 Å². The molecule has 2 nitrogen and oxygen atoms in total. The molecule has 0 aliphatic carbocycles. The van der Waals surface area contributed by atoms with Crippen LogP contribution in [0.3, 0.4) is 0 Å². The maximum Gasteiger partial charge on any atom is 0.119 e. The van der Waals surface area contributed by atoms with Gasteiger partial charge >= 0.3 is 0 Å². The fourth-order valence-electron chi connectivity index (χ4n) is 1.85. The average Bonchev–Trinajstić information content (AvgIpc) is 2.36. The van der Waals surface area contributed by atoms with E-state index in [9.17, 15) is 0 Å². The van der Waals surface area contributed by atoms with Crippen LogP contribution >= 0.6 is 0 Å². The highest BCUT2D eigenvalue weighted by atomic mass is 16.5. The molecular weight excluding hydrogens is 234 g/mol. The first-order valence-electron chi connectivity index (χ1n) is 7.46. The zero-order valence-electron chi connectivity index (χ0n) is 13.3. The van der Waals surface area contributed by atoms with Gasteiger partial charge in [-0.05, 0) is 37.5 Å². The number of aryl methyl sites for hydroxylation is 1. The molecule has 0 saturated heterocycles. The number of benzene rings is 1. The molecule has 0 N–H and O–H groups in total. The highest BCUT2D eigenvalue weighted by molar-refractivity contribution is 5.27. The highest BCUT2D eigenvalue weighted by Crippen LogP contribution is 2.16. The van der Waals surface area contributed by atoms with Gasteiger partial charge in [0.1, 0.15) is 5.75 Å². The van der Waals surface area contributed by atoms with Crippen molar-refractivity contribution in [3.05, 3.63) is 29.8 Å².